The van der Waals surface area contributed by atoms with Crippen molar-refractivity contribution in [3.05, 3.63) is 62.0 Å². The number of ether oxygens (including phenoxy) is 1. The van der Waals surface area contributed by atoms with E-state index in [4.69, 9.17) is 4.74 Å². The Morgan fingerprint density at radius 1 is 1.07 bits per heavy atom. The van der Waals surface area contributed by atoms with E-state index in [9.17, 15) is 14.4 Å². The number of imide groups is 2. The van der Waals surface area contributed by atoms with E-state index in [-0.39, 0.29) is 5.57 Å². The molecule has 2 aromatic rings. The standard InChI is InChI=1S/C20H16Br2N2O4/c1-3-28-17-15(21)9-12(10-16(17)22)8-14-18(25)23-20(27)24(19(14)26)13-6-4-11(2)5-7-13/h4-10H,3H2,1-2H3,(H,23,25,27)/b14-8+. The van der Waals surface area contributed by atoms with Crippen LogP contribution in [0.2, 0.25) is 0 Å². The van der Waals surface area contributed by atoms with Gasteiger partial charge in [-0.15, -0.1) is 0 Å². The fourth-order valence-corrected chi connectivity index (χ4v) is 4.15. The van der Waals surface area contributed by atoms with Crippen molar-refractivity contribution in [1.29, 1.82) is 0 Å². The molecule has 6 nitrogen and oxygen atoms in total. The van der Waals surface area contributed by atoms with Crippen LogP contribution >= 0.6 is 31.9 Å². The number of aryl methyl sites for hydroxylation is 1. The van der Waals surface area contributed by atoms with Crippen LogP contribution in [0.1, 0.15) is 18.1 Å². The largest absolute Gasteiger partial charge is 0.492 e. The molecule has 8 heteroatoms. The van der Waals surface area contributed by atoms with E-state index >= 15 is 0 Å². The summed E-state index contributed by atoms with van der Waals surface area (Å²) in [6, 6.07) is 9.58. The van der Waals surface area contributed by atoms with Crippen LogP contribution in [0.25, 0.3) is 6.08 Å². The molecule has 0 bridgehead atoms. The summed E-state index contributed by atoms with van der Waals surface area (Å²) in [6.07, 6.45) is 1.44. The number of halogens is 2. The van der Waals surface area contributed by atoms with E-state index in [1.807, 2.05) is 13.8 Å². The number of benzene rings is 2. The smallest absolute Gasteiger partial charge is 0.335 e. The van der Waals surface area contributed by atoms with Crippen LogP contribution in [0.5, 0.6) is 5.75 Å². The minimum absolute atomic E-state index is 0.136. The number of hydrogen-bond acceptors (Lipinski definition) is 4. The Morgan fingerprint density at radius 3 is 2.25 bits per heavy atom. The fraction of sp³-hybridized carbons (Fsp3) is 0.150. The minimum atomic E-state index is -0.773. The van der Waals surface area contributed by atoms with Gasteiger partial charge in [0.1, 0.15) is 11.3 Å². The zero-order chi connectivity index (χ0) is 20.4. The number of urea groups is 1. The van der Waals surface area contributed by atoms with Gasteiger partial charge in [0.25, 0.3) is 11.8 Å². The van der Waals surface area contributed by atoms with Crippen LogP contribution < -0.4 is 15.0 Å². The monoisotopic (exact) mass is 506 g/mol. The molecule has 1 aliphatic heterocycles. The Kier molecular flexibility index (Phi) is 6.00. The lowest BCUT2D eigenvalue weighted by Gasteiger charge is -2.26. The van der Waals surface area contributed by atoms with Crippen LogP contribution in [0.3, 0.4) is 0 Å². The molecule has 0 radical (unpaired) electrons. The first-order valence-corrected chi connectivity index (χ1v) is 10.0. The Morgan fingerprint density at radius 2 is 1.68 bits per heavy atom. The van der Waals surface area contributed by atoms with Gasteiger partial charge in [-0.05, 0) is 81.6 Å². The molecule has 1 N–H and O–H groups in total. The minimum Gasteiger partial charge on any atom is -0.492 e. The first kappa shape index (κ1) is 20.3. The van der Waals surface area contributed by atoms with E-state index in [0.717, 1.165) is 10.5 Å². The van der Waals surface area contributed by atoms with E-state index in [2.05, 4.69) is 37.2 Å². The van der Waals surface area contributed by atoms with Gasteiger partial charge in [0.05, 0.1) is 21.2 Å². The molecule has 0 aromatic heterocycles. The van der Waals surface area contributed by atoms with Crippen molar-refractivity contribution in [2.45, 2.75) is 13.8 Å². The number of nitrogens with one attached hydrogen (secondary N) is 1. The number of carbonyl (C=O) groups is 3. The molecule has 3 rings (SSSR count). The van der Waals surface area contributed by atoms with Crippen LogP contribution in [0.4, 0.5) is 10.5 Å². The van der Waals surface area contributed by atoms with Crippen molar-refractivity contribution in [2.24, 2.45) is 0 Å². The van der Waals surface area contributed by atoms with Crippen molar-refractivity contribution in [3.63, 3.8) is 0 Å². The number of hydrogen-bond donors (Lipinski definition) is 1. The normalized spacial score (nSPS) is 15.8. The second-order valence-corrected chi connectivity index (χ2v) is 7.75. The summed E-state index contributed by atoms with van der Waals surface area (Å²) < 4.78 is 6.88. The average Bonchev–Trinajstić information content (AvgIpc) is 2.63. The molecule has 1 saturated heterocycles. The lowest BCUT2D eigenvalue weighted by molar-refractivity contribution is -0.122. The molecule has 1 fully saturated rings. The molecule has 0 unspecified atom stereocenters. The van der Waals surface area contributed by atoms with Crippen molar-refractivity contribution in [1.82, 2.24) is 5.32 Å². The summed E-state index contributed by atoms with van der Waals surface area (Å²) in [5.74, 6) is -0.793. The molecule has 2 aromatic carbocycles. The number of rotatable bonds is 4. The van der Waals surface area contributed by atoms with Gasteiger partial charge in [0.2, 0.25) is 0 Å². The lowest BCUT2D eigenvalue weighted by Crippen LogP contribution is -2.54. The van der Waals surface area contributed by atoms with Gasteiger partial charge in [0, 0.05) is 0 Å². The Hall–Kier alpha value is -2.45. The Labute approximate surface area is 178 Å². The third-order valence-electron chi connectivity index (χ3n) is 4.01. The van der Waals surface area contributed by atoms with Crippen LogP contribution in [0.15, 0.2) is 50.9 Å². The number of amides is 4. The SMILES string of the molecule is CCOc1c(Br)cc(/C=C2\C(=O)NC(=O)N(c3ccc(C)cc3)C2=O)cc1Br. The maximum Gasteiger partial charge on any atom is 0.335 e. The maximum atomic E-state index is 12.9. The van der Waals surface area contributed by atoms with Crippen molar-refractivity contribution >= 4 is 61.5 Å². The average molecular weight is 508 g/mol. The van der Waals surface area contributed by atoms with Gasteiger partial charge in [-0.2, -0.15) is 0 Å². The third kappa shape index (κ3) is 4.02. The zero-order valence-corrected chi connectivity index (χ0v) is 18.3. The van der Waals surface area contributed by atoms with Crippen LogP contribution in [-0.2, 0) is 9.59 Å². The lowest BCUT2D eigenvalue weighted by atomic mass is 10.1. The molecule has 28 heavy (non-hydrogen) atoms. The van der Waals surface area contributed by atoms with Crippen molar-refractivity contribution in [3.8, 4) is 5.75 Å². The highest BCUT2D eigenvalue weighted by atomic mass is 79.9. The summed E-state index contributed by atoms with van der Waals surface area (Å²) in [5.41, 5.74) is 1.84. The van der Waals surface area contributed by atoms with E-state index in [0.29, 0.717) is 32.6 Å². The van der Waals surface area contributed by atoms with E-state index in [1.54, 1.807) is 36.4 Å². The predicted octanol–water partition coefficient (Wildman–Crippen LogP) is 4.59. The first-order chi connectivity index (χ1) is 13.3. The first-order valence-electron chi connectivity index (χ1n) is 8.41. The highest BCUT2D eigenvalue weighted by Crippen LogP contribution is 2.35. The second kappa shape index (κ2) is 8.28. The molecule has 1 heterocycles. The Bertz CT molecular complexity index is 977. The number of carbonyl (C=O) groups excluding carboxylic acids is 3. The van der Waals surface area contributed by atoms with Crippen molar-refractivity contribution in [2.75, 3.05) is 11.5 Å². The van der Waals surface area contributed by atoms with Crippen LogP contribution in [0, 0.1) is 6.92 Å². The summed E-state index contributed by atoms with van der Waals surface area (Å²) in [7, 11) is 0. The molecular weight excluding hydrogens is 492 g/mol. The topological polar surface area (TPSA) is 75.7 Å². The summed E-state index contributed by atoms with van der Waals surface area (Å²) in [6.45, 7) is 4.26. The predicted molar refractivity (Wildman–Crippen MR) is 113 cm³/mol. The molecule has 144 valence electrons. The van der Waals surface area contributed by atoms with Gasteiger partial charge in [0.15, 0.2) is 0 Å². The van der Waals surface area contributed by atoms with Crippen LogP contribution in [-0.4, -0.2) is 24.5 Å². The van der Waals surface area contributed by atoms with Gasteiger partial charge >= 0.3 is 6.03 Å². The molecule has 0 spiro atoms. The zero-order valence-electron chi connectivity index (χ0n) is 15.1. The summed E-state index contributed by atoms with van der Waals surface area (Å²) >= 11 is 6.85. The number of anilines is 1. The fourth-order valence-electron chi connectivity index (χ4n) is 2.70. The molecule has 0 saturated carbocycles. The van der Waals surface area contributed by atoms with Crippen molar-refractivity contribution < 1.29 is 19.1 Å². The summed E-state index contributed by atoms with van der Waals surface area (Å²) in [5, 5.41) is 2.21. The number of nitrogens with zero attached hydrogens (tertiary/aromatic N) is 1. The highest BCUT2D eigenvalue weighted by Gasteiger charge is 2.36. The molecule has 0 aliphatic carbocycles. The van der Waals surface area contributed by atoms with Gasteiger partial charge in [-0.1, -0.05) is 17.7 Å². The van der Waals surface area contributed by atoms with E-state index in [1.165, 1.54) is 6.08 Å². The quantitative estimate of drug-likeness (QED) is 0.485. The highest BCUT2D eigenvalue weighted by molar-refractivity contribution is 9.11. The van der Waals surface area contributed by atoms with Gasteiger partial charge in [-0.3, -0.25) is 14.9 Å². The molecule has 4 amide bonds. The molecule has 1 aliphatic rings. The third-order valence-corrected chi connectivity index (χ3v) is 5.19. The van der Waals surface area contributed by atoms with E-state index < -0.39 is 17.8 Å². The molecular formula is C20H16Br2N2O4. The summed E-state index contributed by atoms with van der Waals surface area (Å²) in [4.78, 5) is 38.4. The number of barbiturate groups is 1. The van der Waals surface area contributed by atoms with Gasteiger partial charge in [-0.25, -0.2) is 9.69 Å². The second-order valence-electron chi connectivity index (χ2n) is 6.04. The maximum absolute atomic E-state index is 12.9. The Balaban J connectivity index is 2.00. The molecule has 0 atom stereocenters. The van der Waals surface area contributed by atoms with Gasteiger partial charge < -0.3 is 4.74 Å².